The highest BCUT2D eigenvalue weighted by molar-refractivity contribution is 6.13. The third-order valence-electron chi connectivity index (χ3n) is 6.74. The van der Waals surface area contributed by atoms with E-state index in [1.807, 2.05) is 0 Å². The van der Waals surface area contributed by atoms with Crippen LogP contribution in [0.3, 0.4) is 0 Å². The monoisotopic (exact) mass is 427 g/mol. The SMILES string of the molecule is C=C1C(C(N)=O)=C(O)[C@@H](N(C)C)[C@@H]2C[C@@H]3Cc4cc(N)cc(O)c4C(O)=C3C(=O)[C@]12O. The average molecular weight is 427 g/mol. The summed E-state index contributed by atoms with van der Waals surface area (Å²) in [6.07, 6.45) is 0.500. The van der Waals surface area contributed by atoms with Gasteiger partial charge in [0.1, 0.15) is 17.3 Å². The molecule has 4 atom stereocenters. The van der Waals surface area contributed by atoms with E-state index in [1.54, 1.807) is 25.1 Å². The van der Waals surface area contributed by atoms with Gasteiger partial charge in [0.15, 0.2) is 11.4 Å². The molecule has 0 radical (unpaired) electrons. The Balaban J connectivity index is 1.96. The lowest BCUT2D eigenvalue weighted by molar-refractivity contribution is -0.143. The van der Waals surface area contributed by atoms with Crippen molar-refractivity contribution >= 4 is 23.1 Å². The lowest BCUT2D eigenvalue weighted by Gasteiger charge is -2.52. The third kappa shape index (κ3) is 2.63. The third-order valence-corrected chi connectivity index (χ3v) is 6.74. The van der Waals surface area contributed by atoms with Crippen LogP contribution in [0, 0.1) is 11.8 Å². The van der Waals surface area contributed by atoms with Crippen molar-refractivity contribution in [2.45, 2.75) is 24.5 Å². The lowest BCUT2D eigenvalue weighted by atomic mass is 9.56. The Kier molecular flexibility index (Phi) is 4.46. The number of benzene rings is 1. The Labute approximate surface area is 178 Å². The molecule has 3 aliphatic carbocycles. The molecule has 1 aromatic rings. The molecular formula is C22H25N3O6. The Morgan fingerprint density at radius 3 is 2.48 bits per heavy atom. The second-order valence-electron chi connectivity index (χ2n) is 8.69. The minimum atomic E-state index is -2.26. The van der Waals surface area contributed by atoms with Gasteiger partial charge in [0, 0.05) is 28.8 Å². The molecule has 1 fully saturated rings. The fraction of sp³-hybridized carbons (Fsp3) is 0.364. The molecule has 1 amide bonds. The van der Waals surface area contributed by atoms with Crippen molar-refractivity contribution in [3.63, 3.8) is 0 Å². The highest BCUT2D eigenvalue weighted by Gasteiger charge is 2.62. The molecule has 8 N–H and O–H groups in total. The second-order valence-corrected chi connectivity index (χ2v) is 8.69. The summed E-state index contributed by atoms with van der Waals surface area (Å²) in [5.74, 6) is -4.24. The van der Waals surface area contributed by atoms with Gasteiger partial charge in [-0.15, -0.1) is 0 Å². The number of aliphatic hydroxyl groups excluding tert-OH is 2. The van der Waals surface area contributed by atoms with E-state index in [0.717, 1.165) is 0 Å². The van der Waals surface area contributed by atoms with Crippen molar-refractivity contribution in [2.75, 3.05) is 19.8 Å². The van der Waals surface area contributed by atoms with Crippen LogP contribution in [-0.4, -0.2) is 62.8 Å². The number of hydrogen-bond donors (Lipinski definition) is 6. The molecule has 31 heavy (non-hydrogen) atoms. The normalized spacial score (nSPS) is 30.3. The number of likely N-dealkylation sites (N-methyl/N-ethyl adjacent to an activating group) is 1. The first-order valence-electron chi connectivity index (χ1n) is 9.82. The van der Waals surface area contributed by atoms with Gasteiger partial charge in [0.25, 0.3) is 5.91 Å². The standard InChI is InChI=1S/C22H25N3O6/c1-8-14(21(24)30)19(28)17(25(2)3)12-6-10-4-9-5-11(23)7-13(26)15(9)18(27)16(10)20(29)22(8,12)31/h5,7,10,12,17,26-28,31H,1,4,6,23H2,2-3H3,(H2,24,30)/t10-,12-,17-,22-/m0/s1. The summed E-state index contributed by atoms with van der Waals surface area (Å²) in [4.78, 5) is 27.3. The van der Waals surface area contributed by atoms with Gasteiger partial charge >= 0.3 is 0 Å². The van der Waals surface area contributed by atoms with Crippen molar-refractivity contribution in [1.29, 1.82) is 0 Å². The maximum Gasteiger partial charge on any atom is 0.252 e. The van der Waals surface area contributed by atoms with Crippen LogP contribution in [0.2, 0.25) is 0 Å². The van der Waals surface area contributed by atoms with Crippen LogP contribution in [0.4, 0.5) is 5.69 Å². The predicted molar refractivity (Wildman–Crippen MR) is 113 cm³/mol. The number of Topliss-reactive ketones (excluding diaryl/α,β-unsaturated/α-hetero) is 1. The number of rotatable bonds is 2. The number of carbonyl (C=O) groups is 2. The first kappa shape index (κ1) is 21.0. The van der Waals surface area contributed by atoms with E-state index in [1.165, 1.54) is 6.07 Å². The second kappa shape index (κ2) is 6.60. The van der Waals surface area contributed by atoms with Crippen LogP contribution in [-0.2, 0) is 16.0 Å². The number of phenols is 1. The van der Waals surface area contributed by atoms with Gasteiger partial charge in [-0.3, -0.25) is 14.5 Å². The maximum atomic E-state index is 13.7. The molecule has 0 heterocycles. The number of nitrogen functional groups attached to an aromatic ring is 1. The number of primary amides is 1. The number of nitrogens with zero attached hydrogens (tertiary/aromatic N) is 1. The molecule has 9 nitrogen and oxygen atoms in total. The Morgan fingerprint density at radius 1 is 1.26 bits per heavy atom. The number of ketones is 1. The van der Waals surface area contributed by atoms with Crippen molar-refractivity contribution in [3.05, 3.63) is 52.3 Å². The summed E-state index contributed by atoms with van der Waals surface area (Å²) in [5, 5.41) is 43.7. The predicted octanol–water partition coefficient (Wildman–Crippen LogP) is 0.533. The molecule has 0 saturated heterocycles. The van der Waals surface area contributed by atoms with E-state index in [9.17, 15) is 30.0 Å². The van der Waals surface area contributed by atoms with Crippen molar-refractivity contribution in [3.8, 4) is 5.75 Å². The number of nitrogens with two attached hydrogens (primary N) is 2. The molecule has 1 saturated carbocycles. The van der Waals surface area contributed by atoms with Crippen LogP contribution in [0.15, 0.2) is 41.2 Å². The van der Waals surface area contributed by atoms with Gasteiger partial charge in [-0.1, -0.05) is 6.58 Å². The highest BCUT2D eigenvalue weighted by atomic mass is 16.3. The van der Waals surface area contributed by atoms with Crippen LogP contribution in [0.1, 0.15) is 17.5 Å². The van der Waals surface area contributed by atoms with Gasteiger partial charge in [0.2, 0.25) is 0 Å². The smallest absolute Gasteiger partial charge is 0.252 e. The van der Waals surface area contributed by atoms with Crippen LogP contribution in [0.25, 0.3) is 5.76 Å². The quantitative estimate of drug-likeness (QED) is 0.371. The molecule has 4 rings (SSSR count). The van der Waals surface area contributed by atoms with E-state index in [0.29, 0.717) is 17.7 Å². The largest absolute Gasteiger partial charge is 0.510 e. The molecule has 164 valence electrons. The van der Waals surface area contributed by atoms with E-state index in [2.05, 4.69) is 6.58 Å². The molecule has 0 bridgehead atoms. The summed E-state index contributed by atoms with van der Waals surface area (Å²) in [7, 11) is 3.30. The number of carbonyl (C=O) groups excluding carboxylic acids is 2. The van der Waals surface area contributed by atoms with Gasteiger partial charge in [-0.25, -0.2) is 0 Å². The number of anilines is 1. The zero-order valence-electron chi connectivity index (χ0n) is 17.2. The van der Waals surface area contributed by atoms with E-state index in [-0.39, 0.29) is 34.6 Å². The van der Waals surface area contributed by atoms with Gasteiger partial charge < -0.3 is 31.9 Å². The summed E-state index contributed by atoms with van der Waals surface area (Å²) in [5.41, 5.74) is 9.25. The van der Waals surface area contributed by atoms with Crippen LogP contribution >= 0.6 is 0 Å². The van der Waals surface area contributed by atoms with Crippen molar-refractivity contribution in [1.82, 2.24) is 4.90 Å². The number of fused-ring (bicyclic) bond motifs is 3. The fourth-order valence-electron chi connectivity index (χ4n) is 5.47. The summed E-state index contributed by atoms with van der Waals surface area (Å²) >= 11 is 0. The Bertz CT molecular complexity index is 1120. The average Bonchev–Trinajstić information content (AvgIpc) is 2.63. The summed E-state index contributed by atoms with van der Waals surface area (Å²) < 4.78 is 0. The zero-order valence-corrected chi connectivity index (χ0v) is 17.2. The van der Waals surface area contributed by atoms with E-state index in [4.69, 9.17) is 11.5 Å². The molecule has 9 heteroatoms. The fourth-order valence-corrected chi connectivity index (χ4v) is 5.47. The van der Waals surface area contributed by atoms with E-state index >= 15 is 0 Å². The molecule has 0 aliphatic heterocycles. The molecule has 1 aromatic carbocycles. The summed E-state index contributed by atoms with van der Waals surface area (Å²) in [6.45, 7) is 3.73. The Hall–Kier alpha value is -3.30. The number of amides is 1. The van der Waals surface area contributed by atoms with Crippen LogP contribution in [0.5, 0.6) is 5.75 Å². The molecule has 3 aliphatic rings. The molecular weight excluding hydrogens is 402 g/mol. The Morgan fingerprint density at radius 2 is 1.90 bits per heavy atom. The van der Waals surface area contributed by atoms with Crippen molar-refractivity contribution in [2.24, 2.45) is 17.6 Å². The van der Waals surface area contributed by atoms with Gasteiger partial charge in [-0.05, 0) is 44.5 Å². The molecule has 0 unspecified atom stereocenters. The van der Waals surface area contributed by atoms with E-state index < -0.39 is 46.5 Å². The zero-order chi connectivity index (χ0) is 23.0. The first-order valence-corrected chi connectivity index (χ1v) is 9.82. The van der Waals surface area contributed by atoms with Gasteiger partial charge in [0.05, 0.1) is 17.2 Å². The highest BCUT2D eigenvalue weighted by Crippen LogP contribution is 2.54. The van der Waals surface area contributed by atoms with Gasteiger partial charge in [-0.2, -0.15) is 0 Å². The minimum absolute atomic E-state index is 0.0461. The number of phenolic OH excluding ortho intramolecular Hbond substituents is 1. The van der Waals surface area contributed by atoms with Crippen molar-refractivity contribution < 1.29 is 30.0 Å². The molecule has 0 aromatic heterocycles. The number of hydrogen-bond acceptors (Lipinski definition) is 8. The van der Waals surface area contributed by atoms with Crippen LogP contribution < -0.4 is 11.5 Å². The minimum Gasteiger partial charge on any atom is -0.510 e. The maximum absolute atomic E-state index is 13.7. The summed E-state index contributed by atoms with van der Waals surface area (Å²) in [6, 6.07) is 2.02. The number of aliphatic hydroxyl groups is 3. The molecule has 0 spiro atoms. The lowest BCUT2D eigenvalue weighted by Crippen LogP contribution is -2.63. The topological polar surface area (TPSA) is 170 Å². The number of aromatic hydroxyl groups is 1. The first-order chi connectivity index (χ1) is 14.4.